The Morgan fingerprint density at radius 3 is 2.93 bits per heavy atom. The third kappa shape index (κ3) is 2.86. The highest BCUT2D eigenvalue weighted by atomic mass is 14.6. The molecule has 0 unspecified atom stereocenters. The summed E-state index contributed by atoms with van der Waals surface area (Å²) in [5, 5.41) is 8.73. The lowest BCUT2D eigenvalue weighted by Gasteiger charge is -2.11. The molecule has 2 nitrogen and oxygen atoms in total. The van der Waals surface area contributed by atoms with E-state index in [0.717, 1.165) is 24.8 Å². The first-order chi connectivity index (χ1) is 6.77. The SMILES string of the molecule is CCCC[C@H](N)c1cccc(C#N)c1. The molecule has 0 bridgehead atoms. The quantitative estimate of drug-likeness (QED) is 0.789. The Hall–Kier alpha value is -1.33. The van der Waals surface area contributed by atoms with Crippen LogP contribution in [0.4, 0.5) is 0 Å². The summed E-state index contributed by atoms with van der Waals surface area (Å²) in [7, 11) is 0. The Kier molecular flexibility index (Phi) is 4.15. The highest BCUT2D eigenvalue weighted by molar-refractivity contribution is 5.34. The van der Waals surface area contributed by atoms with Gasteiger partial charge in [0.1, 0.15) is 0 Å². The molecule has 1 atom stereocenters. The molecule has 0 aliphatic rings. The third-order valence-electron chi connectivity index (χ3n) is 2.31. The third-order valence-corrected chi connectivity index (χ3v) is 2.31. The first-order valence-electron chi connectivity index (χ1n) is 5.03. The zero-order valence-corrected chi connectivity index (χ0v) is 8.53. The molecule has 74 valence electrons. The van der Waals surface area contributed by atoms with E-state index in [1.54, 1.807) is 6.07 Å². The van der Waals surface area contributed by atoms with Gasteiger partial charge in [-0.05, 0) is 24.1 Å². The van der Waals surface area contributed by atoms with Gasteiger partial charge in [-0.15, -0.1) is 0 Å². The van der Waals surface area contributed by atoms with Crippen molar-refractivity contribution in [3.63, 3.8) is 0 Å². The van der Waals surface area contributed by atoms with E-state index in [9.17, 15) is 0 Å². The zero-order valence-electron chi connectivity index (χ0n) is 8.53. The van der Waals surface area contributed by atoms with E-state index >= 15 is 0 Å². The Balaban J connectivity index is 2.70. The van der Waals surface area contributed by atoms with E-state index in [1.807, 2.05) is 18.2 Å². The van der Waals surface area contributed by atoms with Crippen LogP contribution in [-0.2, 0) is 0 Å². The van der Waals surface area contributed by atoms with E-state index in [4.69, 9.17) is 11.0 Å². The summed E-state index contributed by atoms with van der Waals surface area (Å²) in [6.07, 6.45) is 3.29. The monoisotopic (exact) mass is 188 g/mol. The number of hydrogen-bond acceptors (Lipinski definition) is 2. The number of hydrogen-bond donors (Lipinski definition) is 1. The standard InChI is InChI=1S/C12H16N2/c1-2-3-7-12(14)11-6-4-5-10(8-11)9-13/h4-6,8,12H,2-3,7,14H2,1H3/t12-/m0/s1. The van der Waals surface area contributed by atoms with Crippen molar-refractivity contribution in [3.05, 3.63) is 35.4 Å². The molecule has 0 aliphatic heterocycles. The second-order valence-corrected chi connectivity index (χ2v) is 3.49. The second kappa shape index (κ2) is 5.41. The maximum Gasteiger partial charge on any atom is 0.0991 e. The number of nitriles is 1. The maximum absolute atomic E-state index is 8.73. The molecule has 2 N–H and O–H groups in total. The first-order valence-corrected chi connectivity index (χ1v) is 5.03. The van der Waals surface area contributed by atoms with Crippen molar-refractivity contribution < 1.29 is 0 Å². The topological polar surface area (TPSA) is 49.8 Å². The predicted molar refractivity (Wildman–Crippen MR) is 57.6 cm³/mol. The van der Waals surface area contributed by atoms with Crippen molar-refractivity contribution in [3.8, 4) is 6.07 Å². The lowest BCUT2D eigenvalue weighted by Crippen LogP contribution is -2.09. The van der Waals surface area contributed by atoms with E-state index in [2.05, 4.69) is 13.0 Å². The molecule has 1 rings (SSSR count). The van der Waals surface area contributed by atoms with Gasteiger partial charge in [-0.3, -0.25) is 0 Å². The molecule has 1 aromatic rings. The Morgan fingerprint density at radius 2 is 2.29 bits per heavy atom. The van der Waals surface area contributed by atoms with Gasteiger partial charge in [0.25, 0.3) is 0 Å². The number of rotatable bonds is 4. The summed E-state index contributed by atoms with van der Waals surface area (Å²) in [5.41, 5.74) is 7.75. The van der Waals surface area contributed by atoms with Crippen molar-refractivity contribution in [1.29, 1.82) is 5.26 Å². The van der Waals surface area contributed by atoms with Crippen molar-refractivity contribution in [2.45, 2.75) is 32.2 Å². The van der Waals surface area contributed by atoms with E-state index < -0.39 is 0 Å². The van der Waals surface area contributed by atoms with Gasteiger partial charge in [-0.25, -0.2) is 0 Å². The number of unbranched alkanes of at least 4 members (excludes halogenated alkanes) is 1. The van der Waals surface area contributed by atoms with Gasteiger partial charge in [-0.1, -0.05) is 31.9 Å². The minimum atomic E-state index is 0.0725. The van der Waals surface area contributed by atoms with Gasteiger partial charge in [0.05, 0.1) is 11.6 Å². The fourth-order valence-corrected chi connectivity index (χ4v) is 1.43. The van der Waals surface area contributed by atoms with E-state index in [-0.39, 0.29) is 6.04 Å². The minimum absolute atomic E-state index is 0.0725. The average Bonchev–Trinajstić information content (AvgIpc) is 2.26. The van der Waals surface area contributed by atoms with Crippen LogP contribution >= 0.6 is 0 Å². The highest BCUT2D eigenvalue weighted by Crippen LogP contribution is 2.17. The molecule has 0 heterocycles. The zero-order chi connectivity index (χ0) is 10.4. The summed E-state index contributed by atoms with van der Waals surface area (Å²) >= 11 is 0. The largest absolute Gasteiger partial charge is 0.324 e. The van der Waals surface area contributed by atoms with Gasteiger partial charge < -0.3 is 5.73 Å². The molecule has 0 amide bonds. The number of benzene rings is 1. The minimum Gasteiger partial charge on any atom is -0.324 e. The molecular weight excluding hydrogens is 172 g/mol. The van der Waals surface area contributed by atoms with Crippen LogP contribution in [0.3, 0.4) is 0 Å². The van der Waals surface area contributed by atoms with Crippen LogP contribution in [0.25, 0.3) is 0 Å². The van der Waals surface area contributed by atoms with Gasteiger partial charge in [0.15, 0.2) is 0 Å². The smallest absolute Gasteiger partial charge is 0.0991 e. The molecule has 0 aromatic heterocycles. The first kappa shape index (κ1) is 10.7. The molecule has 1 aromatic carbocycles. The van der Waals surface area contributed by atoms with Gasteiger partial charge in [-0.2, -0.15) is 5.26 Å². The normalized spacial score (nSPS) is 12.1. The lowest BCUT2D eigenvalue weighted by molar-refractivity contribution is 0.603. The van der Waals surface area contributed by atoms with Crippen LogP contribution < -0.4 is 5.73 Å². The average molecular weight is 188 g/mol. The van der Waals surface area contributed by atoms with Gasteiger partial charge >= 0.3 is 0 Å². The highest BCUT2D eigenvalue weighted by Gasteiger charge is 2.05. The molecule has 0 saturated heterocycles. The lowest BCUT2D eigenvalue weighted by atomic mass is 10.0. The van der Waals surface area contributed by atoms with Crippen LogP contribution in [0.2, 0.25) is 0 Å². The van der Waals surface area contributed by atoms with Crippen molar-refractivity contribution in [1.82, 2.24) is 0 Å². The van der Waals surface area contributed by atoms with E-state index in [0.29, 0.717) is 5.56 Å². The molecule has 14 heavy (non-hydrogen) atoms. The summed E-state index contributed by atoms with van der Waals surface area (Å²) in [6, 6.07) is 9.75. The summed E-state index contributed by atoms with van der Waals surface area (Å²) in [4.78, 5) is 0. The van der Waals surface area contributed by atoms with Crippen molar-refractivity contribution >= 4 is 0 Å². The summed E-state index contributed by atoms with van der Waals surface area (Å²) in [6.45, 7) is 2.15. The predicted octanol–water partition coefficient (Wildman–Crippen LogP) is 2.75. The fourth-order valence-electron chi connectivity index (χ4n) is 1.43. The van der Waals surface area contributed by atoms with Crippen LogP contribution in [-0.4, -0.2) is 0 Å². The van der Waals surface area contributed by atoms with E-state index in [1.165, 1.54) is 0 Å². The van der Waals surface area contributed by atoms with Crippen LogP contribution in [0.5, 0.6) is 0 Å². The van der Waals surface area contributed by atoms with Crippen LogP contribution in [0.15, 0.2) is 24.3 Å². The van der Waals surface area contributed by atoms with Crippen molar-refractivity contribution in [2.24, 2.45) is 5.73 Å². The Morgan fingerprint density at radius 1 is 1.50 bits per heavy atom. The molecule has 0 spiro atoms. The molecule has 0 saturated carbocycles. The molecule has 0 radical (unpaired) electrons. The molecule has 2 heteroatoms. The Labute approximate surface area is 85.4 Å². The maximum atomic E-state index is 8.73. The number of nitrogens with zero attached hydrogens (tertiary/aromatic N) is 1. The van der Waals surface area contributed by atoms with Crippen LogP contribution in [0, 0.1) is 11.3 Å². The molecule has 0 fully saturated rings. The van der Waals surface area contributed by atoms with Gasteiger partial charge in [0, 0.05) is 6.04 Å². The fraction of sp³-hybridized carbons (Fsp3) is 0.417. The second-order valence-electron chi connectivity index (χ2n) is 3.49. The molecular formula is C12H16N2. The van der Waals surface area contributed by atoms with Crippen molar-refractivity contribution in [2.75, 3.05) is 0 Å². The Bertz CT molecular complexity index is 325. The summed E-state index contributed by atoms with van der Waals surface area (Å²) < 4.78 is 0. The van der Waals surface area contributed by atoms with Crippen LogP contribution in [0.1, 0.15) is 43.4 Å². The number of nitrogens with two attached hydrogens (primary N) is 1. The molecule has 0 aliphatic carbocycles. The summed E-state index contributed by atoms with van der Waals surface area (Å²) in [5.74, 6) is 0. The van der Waals surface area contributed by atoms with Gasteiger partial charge in [0.2, 0.25) is 0 Å².